The van der Waals surface area contributed by atoms with Gasteiger partial charge in [-0.2, -0.15) is 0 Å². The van der Waals surface area contributed by atoms with Crippen LogP contribution in [-0.4, -0.2) is 49.9 Å². The van der Waals surface area contributed by atoms with Gasteiger partial charge >= 0.3 is 17.7 Å². The van der Waals surface area contributed by atoms with Crippen molar-refractivity contribution in [3.8, 4) is 17.2 Å². The lowest BCUT2D eigenvalue weighted by Crippen LogP contribution is -2.49. The molecule has 1 aromatic carbocycles. The van der Waals surface area contributed by atoms with Gasteiger partial charge in [0.2, 0.25) is 5.78 Å². The Morgan fingerprint density at radius 2 is 1.68 bits per heavy atom. The van der Waals surface area contributed by atoms with Crippen molar-refractivity contribution in [2.45, 2.75) is 26.6 Å². The van der Waals surface area contributed by atoms with Crippen molar-refractivity contribution in [3.63, 3.8) is 0 Å². The zero-order valence-corrected chi connectivity index (χ0v) is 18.1. The number of allylic oxidation sites excluding steroid dienone is 3. The van der Waals surface area contributed by atoms with Crippen LogP contribution >= 0.6 is 0 Å². The van der Waals surface area contributed by atoms with Gasteiger partial charge in [0.05, 0.1) is 14.2 Å². The van der Waals surface area contributed by atoms with Crippen LogP contribution < -0.4 is 9.47 Å². The first-order valence-corrected chi connectivity index (χ1v) is 9.13. The first kappa shape index (κ1) is 23.7. The zero-order chi connectivity index (χ0) is 23.3. The summed E-state index contributed by atoms with van der Waals surface area (Å²) in [6.07, 6.45) is 4.42. The standard InChI is InChI=1S/C22H24O9/c1-12-9-20(28-5)22(29-6,31-14(3)24)21(26)16(12)8-7-15-10-17(25)19(27-4)11-18(15)30-13(2)23/h7-11,25H,1-6H3. The van der Waals surface area contributed by atoms with Crippen molar-refractivity contribution < 1.29 is 43.2 Å². The number of hydrogen-bond acceptors (Lipinski definition) is 9. The van der Waals surface area contributed by atoms with Crippen LogP contribution in [0.3, 0.4) is 0 Å². The van der Waals surface area contributed by atoms with Crippen molar-refractivity contribution in [3.05, 3.63) is 46.8 Å². The van der Waals surface area contributed by atoms with Gasteiger partial charge in [0.1, 0.15) is 5.75 Å². The fourth-order valence-corrected chi connectivity index (χ4v) is 3.05. The number of phenols is 1. The Morgan fingerprint density at radius 1 is 1.00 bits per heavy atom. The number of phenolic OH excluding ortho intramolecular Hbond substituents is 1. The molecule has 0 aliphatic heterocycles. The molecule has 0 saturated heterocycles. The quantitative estimate of drug-likeness (QED) is 0.394. The smallest absolute Gasteiger partial charge is 0.337 e. The molecule has 1 unspecified atom stereocenters. The molecule has 1 aromatic rings. The van der Waals surface area contributed by atoms with E-state index in [0.29, 0.717) is 11.1 Å². The van der Waals surface area contributed by atoms with Gasteiger partial charge < -0.3 is 28.8 Å². The topological polar surface area (TPSA) is 118 Å². The van der Waals surface area contributed by atoms with E-state index in [9.17, 15) is 19.5 Å². The zero-order valence-electron chi connectivity index (χ0n) is 18.1. The molecule has 0 fully saturated rings. The van der Waals surface area contributed by atoms with Crippen molar-refractivity contribution >= 4 is 23.8 Å². The van der Waals surface area contributed by atoms with Gasteiger partial charge in [0.15, 0.2) is 17.3 Å². The summed E-state index contributed by atoms with van der Waals surface area (Å²) >= 11 is 0. The van der Waals surface area contributed by atoms with Crippen molar-refractivity contribution in [1.29, 1.82) is 0 Å². The second kappa shape index (κ2) is 9.48. The molecule has 9 nitrogen and oxygen atoms in total. The number of ketones is 1. The summed E-state index contributed by atoms with van der Waals surface area (Å²) in [6, 6.07) is 2.67. The summed E-state index contributed by atoms with van der Waals surface area (Å²) in [4.78, 5) is 36.4. The fraction of sp³-hybridized carbons (Fsp3) is 0.318. The molecule has 1 N–H and O–H groups in total. The number of rotatable bonds is 7. The average molecular weight is 432 g/mol. The number of methoxy groups -OCH3 is 3. The molecule has 0 aromatic heterocycles. The highest BCUT2D eigenvalue weighted by molar-refractivity contribution is 6.08. The maximum absolute atomic E-state index is 13.3. The minimum absolute atomic E-state index is 0.0209. The highest BCUT2D eigenvalue weighted by Crippen LogP contribution is 2.37. The molecular weight excluding hydrogens is 408 g/mol. The van der Waals surface area contributed by atoms with E-state index < -0.39 is 23.5 Å². The first-order valence-electron chi connectivity index (χ1n) is 9.13. The van der Waals surface area contributed by atoms with Crippen molar-refractivity contribution in [2.24, 2.45) is 0 Å². The van der Waals surface area contributed by atoms with Gasteiger partial charge in [-0.3, -0.25) is 14.4 Å². The van der Waals surface area contributed by atoms with E-state index in [1.807, 2.05) is 0 Å². The molecule has 31 heavy (non-hydrogen) atoms. The Hall–Kier alpha value is -3.59. The molecule has 1 aliphatic carbocycles. The molecule has 0 heterocycles. The van der Waals surface area contributed by atoms with E-state index in [4.69, 9.17) is 23.7 Å². The van der Waals surface area contributed by atoms with Gasteiger partial charge in [-0.1, -0.05) is 12.2 Å². The van der Waals surface area contributed by atoms with E-state index >= 15 is 0 Å². The maximum atomic E-state index is 13.3. The van der Waals surface area contributed by atoms with Crippen molar-refractivity contribution in [2.75, 3.05) is 21.3 Å². The second-order valence-corrected chi connectivity index (χ2v) is 6.54. The van der Waals surface area contributed by atoms with E-state index in [-0.39, 0.29) is 28.6 Å². The van der Waals surface area contributed by atoms with Crippen LogP contribution in [0.15, 0.2) is 41.2 Å². The summed E-state index contributed by atoms with van der Waals surface area (Å²) in [5.74, 6) is -3.99. The maximum Gasteiger partial charge on any atom is 0.337 e. The summed E-state index contributed by atoms with van der Waals surface area (Å²) in [6.45, 7) is 4.04. The van der Waals surface area contributed by atoms with E-state index in [0.717, 1.165) is 6.92 Å². The third-order valence-electron chi connectivity index (χ3n) is 4.43. The number of carbonyl (C=O) groups excluding carboxylic acids is 3. The number of hydrogen-bond donors (Lipinski definition) is 1. The van der Waals surface area contributed by atoms with Gasteiger partial charge in [0, 0.05) is 38.2 Å². The average Bonchev–Trinajstić information content (AvgIpc) is 2.70. The molecule has 0 amide bonds. The lowest BCUT2D eigenvalue weighted by molar-refractivity contribution is -0.212. The van der Waals surface area contributed by atoms with Gasteiger partial charge in [-0.15, -0.1) is 0 Å². The number of Topliss-reactive ketones (excluding diaryl/α,β-unsaturated/α-hetero) is 1. The Kier molecular flexibility index (Phi) is 7.24. The predicted octanol–water partition coefficient (Wildman–Crippen LogP) is 2.67. The summed E-state index contributed by atoms with van der Waals surface area (Å²) < 4.78 is 25.9. The molecule has 0 radical (unpaired) electrons. The van der Waals surface area contributed by atoms with Crippen LogP contribution in [0.1, 0.15) is 26.3 Å². The minimum Gasteiger partial charge on any atom is -0.504 e. The molecule has 1 atom stereocenters. The Balaban J connectivity index is 2.58. The molecule has 9 heteroatoms. The molecule has 166 valence electrons. The summed E-state index contributed by atoms with van der Waals surface area (Å²) in [5.41, 5.74) is 0.983. The van der Waals surface area contributed by atoms with Crippen LogP contribution in [0.5, 0.6) is 17.2 Å². The van der Waals surface area contributed by atoms with Crippen LogP contribution in [0.25, 0.3) is 6.08 Å². The third-order valence-corrected chi connectivity index (χ3v) is 4.43. The Morgan fingerprint density at radius 3 is 2.19 bits per heavy atom. The predicted molar refractivity (Wildman–Crippen MR) is 109 cm³/mol. The van der Waals surface area contributed by atoms with Crippen LogP contribution in [-0.2, 0) is 28.6 Å². The van der Waals surface area contributed by atoms with E-state index in [1.54, 1.807) is 6.92 Å². The molecular formula is C22H24O9. The van der Waals surface area contributed by atoms with Crippen molar-refractivity contribution in [1.82, 2.24) is 0 Å². The van der Waals surface area contributed by atoms with Crippen LogP contribution in [0.4, 0.5) is 0 Å². The summed E-state index contributed by atoms with van der Waals surface area (Å²) in [7, 11) is 3.90. The normalized spacial score (nSPS) is 18.6. The van der Waals surface area contributed by atoms with E-state index in [1.165, 1.54) is 58.6 Å². The highest BCUT2D eigenvalue weighted by Gasteiger charge is 2.51. The first-order chi connectivity index (χ1) is 14.6. The molecule has 0 bridgehead atoms. The highest BCUT2D eigenvalue weighted by atomic mass is 16.7. The van der Waals surface area contributed by atoms with Gasteiger partial charge in [-0.05, 0) is 24.6 Å². The number of ether oxygens (including phenoxy) is 5. The van der Waals surface area contributed by atoms with Crippen LogP contribution in [0, 0.1) is 0 Å². The Labute approximate surface area is 179 Å². The Bertz CT molecular complexity index is 1000. The SMILES string of the molecule is COC1=CC(C)=C(C=Cc2cc(O)c(OC)cc2OC(C)=O)C(=O)C1(OC)OC(C)=O. The summed E-state index contributed by atoms with van der Waals surface area (Å²) in [5, 5.41) is 10.1. The lowest BCUT2D eigenvalue weighted by Gasteiger charge is -2.34. The molecule has 0 spiro atoms. The monoisotopic (exact) mass is 432 g/mol. The molecule has 1 aliphatic rings. The lowest BCUT2D eigenvalue weighted by atomic mass is 9.90. The molecule has 0 saturated carbocycles. The number of carbonyl (C=O) groups is 3. The van der Waals surface area contributed by atoms with Gasteiger partial charge in [0.25, 0.3) is 0 Å². The van der Waals surface area contributed by atoms with E-state index in [2.05, 4.69) is 0 Å². The minimum atomic E-state index is -2.07. The largest absolute Gasteiger partial charge is 0.504 e. The number of benzene rings is 1. The number of aromatic hydroxyl groups is 1. The second-order valence-electron chi connectivity index (χ2n) is 6.54. The fourth-order valence-electron chi connectivity index (χ4n) is 3.05. The third kappa shape index (κ3) is 4.77. The molecule has 2 rings (SSSR count). The van der Waals surface area contributed by atoms with Crippen LogP contribution in [0.2, 0.25) is 0 Å². The number of esters is 2. The van der Waals surface area contributed by atoms with Gasteiger partial charge in [-0.25, -0.2) is 0 Å².